The Kier molecular flexibility index (Phi) is 3.00. The minimum atomic E-state index is 0. The molecule has 0 saturated carbocycles. The summed E-state index contributed by atoms with van der Waals surface area (Å²) < 4.78 is 0. The molecule has 0 bridgehead atoms. The first kappa shape index (κ1) is 8.22. The standard InChI is InChI=1S/C8H10.C/c1-7-5-3-4-6-8(7)2;/h3-6H,1-2H3;. The third-order valence-electron chi connectivity index (χ3n) is 1.43. The van der Waals surface area contributed by atoms with Crippen LogP contribution in [0.5, 0.6) is 0 Å². The van der Waals surface area contributed by atoms with Crippen LogP contribution in [0.2, 0.25) is 0 Å². The second-order valence-corrected chi connectivity index (χ2v) is 2.08. The Labute approximate surface area is 57.5 Å². The predicted molar refractivity (Wildman–Crippen MR) is 39.2 cm³/mol. The molecule has 0 aliphatic rings. The molecule has 4 radical (unpaired) electrons. The predicted octanol–water partition coefficient (Wildman–Crippen LogP) is 2.38. The third kappa shape index (κ3) is 1.88. The van der Waals surface area contributed by atoms with Gasteiger partial charge in [0.1, 0.15) is 0 Å². The first-order chi connectivity index (χ1) is 3.80. The zero-order chi connectivity index (χ0) is 5.98. The van der Waals surface area contributed by atoms with Crippen molar-refractivity contribution >= 4 is 0 Å². The quantitative estimate of drug-likeness (QED) is 0.490. The van der Waals surface area contributed by atoms with Gasteiger partial charge in [0.05, 0.1) is 0 Å². The van der Waals surface area contributed by atoms with Crippen molar-refractivity contribution in [3.63, 3.8) is 0 Å². The summed E-state index contributed by atoms with van der Waals surface area (Å²) in [4.78, 5) is 0. The van der Waals surface area contributed by atoms with Gasteiger partial charge in [-0.1, -0.05) is 24.3 Å². The zero-order valence-electron chi connectivity index (χ0n) is 5.81. The first-order valence-corrected chi connectivity index (χ1v) is 2.83. The van der Waals surface area contributed by atoms with Crippen LogP contribution in [0.25, 0.3) is 0 Å². The van der Waals surface area contributed by atoms with Crippen LogP contribution in [0.15, 0.2) is 24.3 Å². The number of hydrogen-bond acceptors (Lipinski definition) is 0. The van der Waals surface area contributed by atoms with Crippen LogP contribution in [-0.4, -0.2) is 0 Å². The summed E-state index contributed by atoms with van der Waals surface area (Å²) in [5, 5.41) is 0. The normalized spacial score (nSPS) is 8.22. The van der Waals surface area contributed by atoms with Crippen LogP contribution < -0.4 is 0 Å². The Bertz CT molecular complexity index is 156. The molecule has 0 unspecified atom stereocenters. The molecule has 0 aliphatic heterocycles. The van der Waals surface area contributed by atoms with E-state index in [0.29, 0.717) is 0 Å². The van der Waals surface area contributed by atoms with Crippen molar-refractivity contribution in [3.8, 4) is 0 Å². The highest BCUT2D eigenvalue weighted by Crippen LogP contribution is 2.02. The molecular weight excluding hydrogens is 108 g/mol. The van der Waals surface area contributed by atoms with Crippen molar-refractivity contribution in [3.05, 3.63) is 42.8 Å². The zero-order valence-corrected chi connectivity index (χ0v) is 5.81. The molecule has 0 N–H and O–H groups in total. The second kappa shape index (κ2) is 3.29. The number of hydrogen-bond donors (Lipinski definition) is 0. The molecule has 46 valence electrons. The van der Waals surface area contributed by atoms with E-state index in [1.54, 1.807) is 0 Å². The highest BCUT2D eigenvalue weighted by Gasteiger charge is 1.83. The fourth-order valence-corrected chi connectivity index (χ4v) is 0.663. The lowest BCUT2D eigenvalue weighted by atomic mass is 10.1. The van der Waals surface area contributed by atoms with Crippen LogP contribution in [0.3, 0.4) is 0 Å². The lowest BCUT2D eigenvalue weighted by Crippen LogP contribution is -1.74. The molecule has 1 aromatic carbocycles. The maximum absolute atomic E-state index is 2.12. The fraction of sp³-hybridized carbons (Fsp3) is 0.222. The molecule has 0 atom stereocenters. The van der Waals surface area contributed by atoms with Gasteiger partial charge in [-0.25, -0.2) is 0 Å². The highest BCUT2D eigenvalue weighted by atomic mass is 13.9. The van der Waals surface area contributed by atoms with Gasteiger partial charge < -0.3 is 0 Å². The lowest BCUT2D eigenvalue weighted by Gasteiger charge is -1.93. The summed E-state index contributed by atoms with van der Waals surface area (Å²) in [6.45, 7) is 4.24. The highest BCUT2D eigenvalue weighted by molar-refractivity contribution is 5.23. The van der Waals surface area contributed by atoms with Gasteiger partial charge in [0.2, 0.25) is 0 Å². The topological polar surface area (TPSA) is 0 Å². The molecule has 0 saturated heterocycles. The fourth-order valence-electron chi connectivity index (χ4n) is 0.663. The summed E-state index contributed by atoms with van der Waals surface area (Å²) in [7, 11) is 0. The van der Waals surface area contributed by atoms with Crippen molar-refractivity contribution in [2.45, 2.75) is 13.8 Å². The molecule has 0 aliphatic carbocycles. The van der Waals surface area contributed by atoms with E-state index in [1.165, 1.54) is 11.1 Å². The van der Waals surface area contributed by atoms with E-state index in [4.69, 9.17) is 0 Å². The molecule has 0 fully saturated rings. The Morgan fingerprint density at radius 1 is 0.889 bits per heavy atom. The number of benzene rings is 1. The molecule has 0 aromatic heterocycles. The van der Waals surface area contributed by atoms with E-state index < -0.39 is 0 Å². The van der Waals surface area contributed by atoms with Gasteiger partial charge in [-0.3, -0.25) is 0 Å². The van der Waals surface area contributed by atoms with Crippen LogP contribution in [-0.2, 0) is 0 Å². The molecule has 9 heavy (non-hydrogen) atoms. The molecule has 0 nitrogen and oxygen atoms in total. The average molecular weight is 118 g/mol. The lowest BCUT2D eigenvalue weighted by molar-refractivity contribution is 1.34. The van der Waals surface area contributed by atoms with Crippen LogP contribution in [0.1, 0.15) is 11.1 Å². The molecule has 1 aromatic rings. The average Bonchev–Trinajstić information content (AvgIpc) is 1.77. The van der Waals surface area contributed by atoms with Crippen molar-refractivity contribution in [1.29, 1.82) is 0 Å². The van der Waals surface area contributed by atoms with Crippen LogP contribution >= 0.6 is 0 Å². The van der Waals surface area contributed by atoms with Gasteiger partial charge in [0.25, 0.3) is 0 Å². The van der Waals surface area contributed by atoms with Crippen molar-refractivity contribution in [2.24, 2.45) is 0 Å². The molecule has 1 rings (SSSR count). The van der Waals surface area contributed by atoms with Gasteiger partial charge >= 0.3 is 0 Å². The smallest absolute Gasteiger partial charge is 0 e. The summed E-state index contributed by atoms with van der Waals surface area (Å²) in [6, 6.07) is 8.36. The van der Waals surface area contributed by atoms with Crippen molar-refractivity contribution < 1.29 is 0 Å². The monoisotopic (exact) mass is 118 g/mol. The maximum atomic E-state index is 2.12. The van der Waals surface area contributed by atoms with E-state index in [9.17, 15) is 0 Å². The van der Waals surface area contributed by atoms with E-state index >= 15 is 0 Å². The third-order valence-corrected chi connectivity index (χ3v) is 1.43. The summed E-state index contributed by atoms with van der Waals surface area (Å²) in [5.74, 6) is 0. The Morgan fingerprint density at radius 2 is 1.22 bits per heavy atom. The Hall–Kier alpha value is -0.780. The second-order valence-electron chi connectivity index (χ2n) is 2.08. The maximum Gasteiger partial charge on any atom is 0 e. The minimum Gasteiger partial charge on any atom is -0.0620 e. The summed E-state index contributed by atoms with van der Waals surface area (Å²) in [6.07, 6.45) is 0. The van der Waals surface area contributed by atoms with Crippen LogP contribution in [0, 0.1) is 21.3 Å². The van der Waals surface area contributed by atoms with E-state index in [1.807, 2.05) is 0 Å². The van der Waals surface area contributed by atoms with Gasteiger partial charge in [-0.2, -0.15) is 0 Å². The molecule has 0 heterocycles. The Morgan fingerprint density at radius 3 is 1.44 bits per heavy atom. The summed E-state index contributed by atoms with van der Waals surface area (Å²) >= 11 is 0. The largest absolute Gasteiger partial charge is 0.0620 e. The van der Waals surface area contributed by atoms with Crippen LogP contribution in [0.4, 0.5) is 0 Å². The van der Waals surface area contributed by atoms with E-state index in [2.05, 4.69) is 38.1 Å². The number of rotatable bonds is 0. The molecule has 0 amide bonds. The number of aryl methyl sites for hydroxylation is 2. The van der Waals surface area contributed by atoms with Gasteiger partial charge in [-0.05, 0) is 25.0 Å². The molecule has 0 heteroatoms. The van der Waals surface area contributed by atoms with E-state index in [-0.39, 0.29) is 7.43 Å². The van der Waals surface area contributed by atoms with Gasteiger partial charge in [0, 0.05) is 7.43 Å². The van der Waals surface area contributed by atoms with Crippen molar-refractivity contribution in [1.82, 2.24) is 0 Å². The molecular formula is C9H10. The van der Waals surface area contributed by atoms with Crippen molar-refractivity contribution in [2.75, 3.05) is 0 Å². The first-order valence-electron chi connectivity index (χ1n) is 2.83. The minimum absolute atomic E-state index is 0. The molecule has 0 spiro atoms. The Balaban J connectivity index is 0.000000640. The van der Waals surface area contributed by atoms with Gasteiger partial charge in [-0.15, -0.1) is 0 Å². The SMILES string of the molecule is Cc1ccccc1C.[C]. The van der Waals surface area contributed by atoms with E-state index in [0.717, 1.165) is 0 Å². The summed E-state index contributed by atoms with van der Waals surface area (Å²) in [5.41, 5.74) is 2.74. The van der Waals surface area contributed by atoms with Gasteiger partial charge in [0.15, 0.2) is 0 Å².